The number of carboxylic acid groups (broad SMARTS) is 1. The molecule has 2 rings (SSSR count). The summed E-state index contributed by atoms with van der Waals surface area (Å²) in [4.78, 5) is 28.6. The van der Waals surface area contributed by atoms with Crippen LogP contribution in [0.3, 0.4) is 0 Å². The predicted molar refractivity (Wildman–Crippen MR) is 71.1 cm³/mol. The average Bonchev–Trinajstić information content (AvgIpc) is 2.65. The van der Waals surface area contributed by atoms with Crippen molar-refractivity contribution < 1.29 is 14.7 Å². The van der Waals surface area contributed by atoms with E-state index in [-0.39, 0.29) is 5.91 Å². The molecule has 0 saturated carbocycles. The summed E-state index contributed by atoms with van der Waals surface area (Å²) in [6.07, 6.45) is 3.48. The molecule has 6 heteroatoms. The molecular weight excluding hydrogens is 246 g/mol. The van der Waals surface area contributed by atoms with E-state index in [2.05, 4.69) is 4.90 Å². The van der Waals surface area contributed by atoms with E-state index in [0.717, 1.165) is 19.5 Å². The minimum absolute atomic E-state index is 0.147. The first-order valence-corrected chi connectivity index (χ1v) is 7.15. The van der Waals surface area contributed by atoms with Crippen molar-refractivity contribution in [1.82, 2.24) is 14.7 Å². The van der Waals surface area contributed by atoms with Crippen LogP contribution in [0.2, 0.25) is 0 Å². The summed E-state index contributed by atoms with van der Waals surface area (Å²) < 4.78 is 0. The van der Waals surface area contributed by atoms with Gasteiger partial charge >= 0.3 is 6.09 Å². The summed E-state index contributed by atoms with van der Waals surface area (Å²) in [7, 11) is 0. The van der Waals surface area contributed by atoms with Crippen LogP contribution < -0.4 is 0 Å². The summed E-state index contributed by atoms with van der Waals surface area (Å²) in [5.41, 5.74) is 0. The van der Waals surface area contributed by atoms with Crippen LogP contribution in [0.4, 0.5) is 4.79 Å². The molecule has 108 valence electrons. The van der Waals surface area contributed by atoms with Crippen LogP contribution in [0.1, 0.15) is 25.7 Å². The molecule has 1 N–H and O–H groups in total. The fourth-order valence-corrected chi connectivity index (χ4v) is 2.77. The van der Waals surface area contributed by atoms with Crippen molar-refractivity contribution in [2.24, 2.45) is 0 Å². The zero-order chi connectivity index (χ0) is 13.7. The van der Waals surface area contributed by atoms with E-state index in [1.165, 1.54) is 24.2 Å². The van der Waals surface area contributed by atoms with Crippen LogP contribution in [-0.2, 0) is 4.79 Å². The molecular formula is C13H23N3O3. The van der Waals surface area contributed by atoms with Gasteiger partial charge in [0.25, 0.3) is 0 Å². The van der Waals surface area contributed by atoms with E-state index in [1.54, 1.807) is 0 Å². The highest BCUT2D eigenvalue weighted by atomic mass is 16.4. The molecule has 0 aromatic heterocycles. The van der Waals surface area contributed by atoms with Gasteiger partial charge in [0.05, 0.1) is 6.54 Å². The predicted octanol–water partition coefficient (Wildman–Crippen LogP) is 0.685. The first-order chi connectivity index (χ1) is 9.16. The molecule has 2 heterocycles. The van der Waals surface area contributed by atoms with Crippen molar-refractivity contribution >= 4 is 12.0 Å². The summed E-state index contributed by atoms with van der Waals surface area (Å²) in [5.74, 6) is 0.147. The summed E-state index contributed by atoms with van der Waals surface area (Å²) >= 11 is 0. The smallest absolute Gasteiger partial charge is 0.407 e. The Morgan fingerprint density at radius 3 is 2.11 bits per heavy atom. The van der Waals surface area contributed by atoms with Crippen molar-refractivity contribution in [1.29, 1.82) is 0 Å². The van der Waals surface area contributed by atoms with Crippen molar-refractivity contribution in [3.05, 3.63) is 0 Å². The van der Waals surface area contributed by atoms with Crippen molar-refractivity contribution in [3.63, 3.8) is 0 Å². The molecule has 2 aliphatic rings. The normalized spacial score (nSPS) is 22.1. The monoisotopic (exact) mass is 269 g/mol. The Labute approximate surface area is 114 Å². The molecule has 0 aromatic carbocycles. The quantitative estimate of drug-likeness (QED) is 0.801. The fraction of sp³-hybridized carbons (Fsp3) is 0.846. The maximum atomic E-state index is 12.2. The Morgan fingerprint density at radius 2 is 1.42 bits per heavy atom. The fourth-order valence-electron chi connectivity index (χ4n) is 2.77. The van der Waals surface area contributed by atoms with Gasteiger partial charge in [0, 0.05) is 26.2 Å². The zero-order valence-corrected chi connectivity index (χ0v) is 11.4. The van der Waals surface area contributed by atoms with Crippen LogP contribution >= 0.6 is 0 Å². The highest BCUT2D eigenvalue weighted by molar-refractivity contribution is 5.78. The van der Waals surface area contributed by atoms with Crippen LogP contribution in [0, 0.1) is 0 Å². The van der Waals surface area contributed by atoms with Gasteiger partial charge in [0.15, 0.2) is 0 Å². The number of carbonyl (C=O) groups is 2. The lowest BCUT2D eigenvalue weighted by atomic mass is 10.1. The average molecular weight is 269 g/mol. The molecule has 2 fully saturated rings. The minimum Gasteiger partial charge on any atom is -0.465 e. The molecule has 0 unspecified atom stereocenters. The van der Waals surface area contributed by atoms with Crippen LogP contribution in [-0.4, -0.2) is 77.6 Å². The highest BCUT2D eigenvalue weighted by Crippen LogP contribution is 2.10. The molecule has 2 amide bonds. The van der Waals surface area contributed by atoms with E-state index in [1.807, 2.05) is 4.90 Å². The molecule has 6 nitrogen and oxygen atoms in total. The van der Waals surface area contributed by atoms with Crippen LogP contribution in [0.5, 0.6) is 0 Å². The Hall–Kier alpha value is -1.30. The molecule has 0 atom stereocenters. The Bertz CT molecular complexity index is 329. The number of likely N-dealkylation sites (tertiary alicyclic amines) is 1. The third-order valence-corrected chi connectivity index (χ3v) is 3.93. The SMILES string of the molecule is O=C(O)N1CCCN(C(=O)CN2CCCCC2)CC1. The number of hydrogen-bond donors (Lipinski definition) is 1. The number of amides is 2. The minimum atomic E-state index is -0.884. The lowest BCUT2D eigenvalue weighted by molar-refractivity contribution is -0.132. The second-order valence-corrected chi connectivity index (χ2v) is 5.34. The van der Waals surface area contributed by atoms with Gasteiger partial charge in [-0.25, -0.2) is 4.79 Å². The molecule has 0 aromatic rings. The summed E-state index contributed by atoms with van der Waals surface area (Å²) in [5, 5.41) is 8.96. The van der Waals surface area contributed by atoms with Crippen LogP contribution in [0.15, 0.2) is 0 Å². The van der Waals surface area contributed by atoms with Crippen molar-refractivity contribution in [3.8, 4) is 0 Å². The van der Waals surface area contributed by atoms with Crippen molar-refractivity contribution in [2.75, 3.05) is 45.8 Å². The maximum absolute atomic E-state index is 12.2. The van der Waals surface area contributed by atoms with Gasteiger partial charge in [0.1, 0.15) is 0 Å². The van der Waals surface area contributed by atoms with E-state index >= 15 is 0 Å². The van der Waals surface area contributed by atoms with Gasteiger partial charge in [-0.1, -0.05) is 6.42 Å². The van der Waals surface area contributed by atoms with E-state index in [0.29, 0.717) is 32.7 Å². The van der Waals surface area contributed by atoms with E-state index in [4.69, 9.17) is 5.11 Å². The third kappa shape index (κ3) is 4.09. The van der Waals surface area contributed by atoms with Gasteiger partial charge in [-0.3, -0.25) is 9.69 Å². The Kier molecular flexibility index (Phi) is 5.01. The lowest BCUT2D eigenvalue weighted by Gasteiger charge is -2.29. The van der Waals surface area contributed by atoms with Gasteiger partial charge in [-0.15, -0.1) is 0 Å². The first kappa shape index (κ1) is 14.1. The molecule has 0 radical (unpaired) electrons. The molecule has 0 bridgehead atoms. The zero-order valence-electron chi connectivity index (χ0n) is 11.4. The first-order valence-electron chi connectivity index (χ1n) is 7.15. The second kappa shape index (κ2) is 6.75. The molecule has 2 aliphatic heterocycles. The van der Waals surface area contributed by atoms with Gasteiger partial charge in [-0.05, 0) is 32.4 Å². The van der Waals surface area contributed by atoms with Gasteiger partial charge in [-0.2, -0.15) is 0 Å². The molecule has 19 heavy (non-hydrogen) atoms. The highest BCUT2D eigenvalue weighted by Gasteiger charge is 2.23. The number of piperidine rings is 1. The summed E-state index contributed by atoms with van der Waals surface area (Å²) in [6, 6.07) is 0. The Balaban J connectivity index is 1.80. The lowest BCUT2D eigenvalue weighted by Crippen LogP contribution is -2.43. The number of carbonyl (C=O) groups excluding carboxylic acids is 1. The topological polar surface area (TPSA) is 64.1 Å². The van der Waals surface area contributed by atoms with Crippen molar-refractivity contribution in [2.45, 2.75) is 25.7 Å². The Morgan fingerprint density at radius 1 is 0.789 bits per heavy atom. The van der Waals surface area contributed by atoms with Crippen LogP contribution in [0.25, 0.3) is 0 Å². The molecule has 0 aliphatic carbocycles. The van der Waals surface area contributed by atoms with Gasteiger partial charge in [0.2, 0.25) is 5.91 Å². The maximum Gasteiger partial charge on any atom is 0.407 e. The second-order valence-electron chi connectivity index (χ2n) is 5.34. The molecule has 2 saturated heterocycles. The number of nitrogens with zero attached hydrogens (tertiary/aromatic N) is 3. The largest absolute Gasteiger partial charge is 0.465 e. The third-order valence-electron chi connectivity index (χ3n) is 3.93. The van der Waals surface area contributed by atoms with Gasteiger partial charge < -0.3 is 14.9 Å². The standard InChI is InChI=1S/C13H23N3O3/c17-12(11-14-5-2-1-3-6-14)15-7-4-8-16(10-9-15)13(18)19/h1-11H2,(H,18,19). The number of rotatable bonds is 2. The summed E-state index contributed by atoms with van der Waals surface area (Å²) in [6.45, 7) is 4.69. The molecule has 0 spiro atoms. The van der Waals surface area contributed by atoms with E-state index in [9.17, 15) is 9.59 Å². The number of hydrogen-bond acceptors (Lipinski definition) is 3. The van der Waals surface area contributed by atoms with E-state index < -0.39 is 6.09 Å².